The molecule has 0 bridgehead atoms. The number of epoxide rings is 1. The molecule has 3 rings (SSSR count). The van der Waals surface area contributed by atoms with Gasteiger partial charge in [0.1, 0.15) is 0 Å². The summed E-state index contributed by atoms with van der Waals surface area (Å²) in [6.07, 6.45) is 1.79. The van der Waals surface area contributed by atoms with Crippen molar-refractivity contribution in [3.63, 3.8) is 0 Å². The Balaban J connectivity index is 2.18. The first-order chi connectivity index (χ1) is 6.84. The van der Waals surface area contributed by atoms with E-state index in [1.807, 2.05) is 0 Å². The third-order valence-corrected chi connectivity index (χ3v) is 2.21. The second kappa shape index (κ2) is 2.68. The summed E-state index contributed by atoms with van der Waals surface area (Å²) in [5.74, 6) is -0.366. The summed E-state index contributed by atoms with van der Waals surface area (Å²) in [6.45, 7) is 1.24. The largest absolute Gasteiger partial charge is 0.421 e. The van der Waals surface area contributed by atoms with Gasteiger partial charge in [-0.05, 0) is 12.1 Å². The van der Waals surface area contributed by atoms with Gasteiger partial charge in [0.15, 0.2) is 11.2 Å². The normalized spacial score (nSPS) is 20.1. The number of pyridine rings is 1. The van der Waals surface area contributed by atoms with Gasteiger partial charge in [0.05, 0.1) is 19.3 Å². The summed E-state index contributed by atoms with van der Waals surface area (Å²) >= 11 is 0. The molecule has 0 N–H and O–H groups in total. The molecule has 2 aromatic rings. The van der Waals surface area contributed by atoms with E-state index >= 15 is 0 Å². The topological polar surface area (TPSA) is 60.6 Å². The Morgan fingerprint density at radius 3 is 3.29 bits per heavy atom. The first kappa shape index (κ1) is 7.75. The minimum Gasteiger partial charge on any atom is -0.406 e. The van der Waals surface area contributed by atoms with Crippen LogP contribution >= 0.6 is 0 Å². The van der Waals surface area contributed by atoms with Crippen LogP contribution in [0.5, 0.6) is 0 Å². The van der Waals surface area contributed by atoms with Crippen LogP contribution in [0.3, 0.4) is 0 Å². The molecular weight excluding hydrogens is 184 g/mol. The summed E-state index contributed by atoms with van der Waals surface area (Å²) in [6, 6.07) is 3.47. The van der Waals surface area contributed by atoms with E-state index in [4.69, 9.17) is 9.15 Å². The third kappa shape index (κ3) is 1.13. The Hall–Kier alpha value is -1.62. The molecular formula is C9H8N2O3. The van der Waals surface area contributed by atoms with Gasteiger partial charge in [0, 0.05) is 6.20 Å². The molecule has 0 radical (unpaired) electrons. The lowest BCUT2D eigenvalue weighted by Gasteiger charge is -1.95. The van der Waals surface area contributed by atoms with Crippen molar-refractivity contribution in [2.24, 2.45) is 0 Å². The summed E-state index contributed by atoms with van der Waals surface area (Å²) in [7, 11) is 0. The van der Waals surface area contributed by atoms with Gasteiger partial charge in [-0.2, -0.15) is 0 Å². The van der Waals surface area contributed by atoms with Crippen LogP contribution in [0.15, 0.2) is 27.5 Å². The molecule has 0 amide bonds. The van der Waals surface area contributed by atoms with Crippen molar-refractivity contribution in [3.05, 3.63) is 28.9 Å². The van der Waals surface area contributed by atoms with Gasteiger partial charge in [0.2, 0.25) is 0 Å². The number of hydrogen-bond donors (Lipinski definition) is 0. The quantitative estimate of drug-likeness (QED) is 0.646. The van der Waals surface area contributed by atoms with Crippen LogP contribution in [0.4, 0.5) is 0 Å². The number of oxazole rings is 1. The number of nitrogens with zero attached hydrogens (tertiary/aromatic N) is 2. The number of rotatable bonds is 2. The molecule has 0 spiro atoms. The summed E-state index contributed by atoms with van der Waals surface area (Å²) in [5, 5.41) is 0. The lowest BCUT2D eigenvalue weighted by Crippen LogP contribution is -2.17. The van der Waals surface area contributed by atoms with Gasteiger partial charge >= 0.3 is 5.76 Å². The van der Waals surface area contributed by atoms with Gasteiger partial charge in [0.25, 0.3) is 0 Å². The van der Waals surface area contributed by atoms with Crippen LogP contribution in [-0.4, -0.2) is 22.3 Å². The van der Waals surface area contributed by atoms with E-state index in [2.05, 4.69) is 4.98 Å². The van der Waals surface area contributed by atoms with Crippen molar-refractivity contribution in [1.29, 1.82) is 0 Å². The highest BCUT2D eigenvalue weighted by Gasteiger charge is 2.25. The molecule has 0 aromatic carbocycles. The highest BCUT2D eigenvalue weighted by Crippen LogP contribution is 2.14. The fourth-order valence-electron chi connectivity index (χ4n) is 1.44. The van der Waals surface area contributed by atoms with Gasteiger partial charge in [-0.3, -0.25) is 4.57 Å². The van der Waals surface area contributed by atoms with Crippen molar-refractivity contribution >= 4 is 11.2 Å². The Kier molecular flexibility index (Phi) is 1.49. The highest BCUT2D eigenvalue weighted by molar-refractivity contribution is 5.67. The predicted molar refractivity (Wildman–Crippen MR) is 48.0 cm³/mol. The van der Waals surface area contributed by atoms with E-state index in [-0.39, 0.29) is 11.9 Å². The minimum absolute atomic E-state index is 0.149. The Morgan fingerprint density at radius 2 is 2.50 bits per heavy atom. The summed E-state index contributed by atoms with van der Waals surface area (Å²) in [4.78, 5) is 15.5. The fourth-order valence-corrected chi connectivity index (χ4v) is 1.44. The molecule has 5 heteroatoms. The maximum absolute atomic E-state index is 11.4. The van der Waals surface area contributed by atoms with Crippen molar-refractivity contribution in [2.45, 2.75) is 12.6 Å². The molecule has 2 aromatic heterocycles. The maximum Gasteiger partial charge on any atom is 0.421 e. The second-order valence-corrected chi connectivity index (χ2v) is 3.26. The van der Waals surface area contributed by atoms with Crippen LogP contribution in [0, 0.1) is 0 Å². The Morgan fingerprint density at radius 1 is 1.64 bits per heavy atom. The standard InChI is InChI=1S/C9H8N2O3/c12-9-11(4-6-5-13-6)8-7(14-9)2-1-3-10-8/h1-3,6H,4-5H2/t6-/m0/s1. The smallest absolute Gasteiger partial charge is 0.406 e. The Labute approximate surface area is 78.9 Å². The van der Waals surface area contributed by atoms with E-state index in [9.17, 15) is 4.79 Å². The van der Waals surface area contributed by atoms with Gasteiger partial charge in [-0.15, -0.1) is 0 Å². The average molecular weight is 192 g/mol. The first-order valence-electron chi connectivity index (χ1n) is 4.40. The van der Waals surface area contributed by atoms with Crippen LogP contribution < -0.4 is 5.76 Å². The van der Waals surface area contributed by atoms with Crippen molar-refractivity contribution in [3.8, 4) is 0 Å². The van der Waals surface area contributed by atoms with Gasteiger partial charge in [-0.1, -0.05) is 0 Å². The van der Waals surface area contributed by atoms with Gasteiger partial charge in [-0.25, -0.2) is 9.78 Å². The monoisotopic (exact) mass is 192 g/mol. The maximum atomic E-state index is 11.4. The van der Waals surface area contributed by atoms with E-state index in [1.54, 1.807) is 18.3 Å². The molecule has 14 heavy (non-hydrogen) atoms. The SMILES string of the molecule is O=c1oc2cccnc2n1C[C@H]1CO1. The molecule has 3 heterocycles. The van der Waals surface area contributed by atoms with Crippen LogP contribution in [-0.2, 0) is 11.3 Å². The molecule has 0 aliphatic carbocycles. The molecule has 1 aliphatic heterocycles. The fraction of sp³-hybridized carbons (Fsp3) is 0.333. The summed E-state index contributed by atoms with van der Waals surface area (Å²) < 4.78 is 11.6. The number of ether oxygens (including phenoxy) is 1. The zero-order chi connectivity index (χ0) is 9.54. The second-order valence-electron chi connectivity index (χ2n) is 3.26. The van der Waals surface area contributed by atoms with Crippen molar-refractivity contribution in [1.82, 2.24) is 9.55 Å². The molecule has 0 saturated carbocycles. The first-order valence-corrected chi connectivity index (χ1v) is 4.40. The zero-order valence-corrected chi connectivity index (χ0v) is 7.34. The molecule has 1 saturated heterocycles. The molecule has 5 nitrogen and oxygen atoms in total. The van der Waals surface area contributed by atoms with Crippen LogP contribution in [0.1, 0.15) is 0 Å². The third-order valence-electron chi connectivity index (χ3n) is 2.21. The Bertz CT molecular complexity index is 524. The predicted octanol–water partition coefficient (Wildman–Crippen LogP) is 0.388. The molecule has 1 aliphatic rings. The molecule has 0 unspecified atom stereocenters. The van der Waals surface area contributed by atoms with E-state index in [0.717, 1.165) is 0 Å². The molecule has 1 fully saturated rings. The lowest BCUT2D eigenvalue weighted by molar-refractivity contribution is 0.374. The number of hydrogen-bond acceptors (Lipinski definition) is 4. The average Bonchev–Trinajstić information content (AvgIpc) is 2.93. The molecule has 1 atom stereocenters. The van der Waals surface area contributed by atoms with Gasteiger partial charge < -0.3 is 9.15 Å². The number of aromatic nitrogens is 2. The van der Waals surface area contributed by atoms with Crippen LogP contribution in [0.2, 0.25) is 0 Å². The highest BCUT2D eigenvalue weighted by atomic mass is 16.6. The van der Waals surface area contributed by atoms with E-state index < -0.39 is 0 Å². The van der Waals surface area contributed by atoms with Crippen molar-refractivity contribution < 1.29 is 9.15 Å². The van der Waals surface area contributed by atoms with Crippen molar-refractivity contribution in [2.75, 3.05) is 6.61 Å². The summed E-state index contributed by atoms with van der Waals surface area (Å²) in [5.41, 5.74) is 1.12. The van der Waals surface area contributed by atoms with Crippen LogP contribution in [0.25, 0.3) is 11.2 Å². The lowest BCUT2D eigenvalue weighted by atomic mass is 10.4. The van der Waals surface area contributed by atoms with E-state index in [1.165, 1.54) is 4.57 Å². The van der Waals surface area contributed by atoms with E-state index in [0.29, 0.717) is 24.4 Å². The zero-order valence-electron chi connectivity index (χ0n) is 7.34. The number of fused-ring (bicyclic) bond motifs is 1. The minimum atomic E-state index is -0.366. The molecule has 72 valence electrons.